The molecule has 0 amide bonds. The standard InChI is InChI=1S/C14H30N2S/c1-10(2)8-17-9-14(16-15)13-6-11(3)5-12(4)7-13/h10-14,16H,5-9,15H2,1-4H3. The summed E-state index contributed by atoms with van der Waals surface area (Å²) in [6, 6.07) is 0.504. The Morgan fingerprint density at radius 2 is 1.71 bits per heavy atom. The molecule has 0 heterocycles. The van der Waals surface area contributed by atoms with E-state index in [1.807, 2.05) is 11.8 Å². The molecule has 0 radical (unpaired) electrons. The van der Waals surface area contributed by atoms with Gasteiger partial charge in [0.1, 0.15) is 0 Å². The Morgan fingerprint density at radius 1 is 1.12 bits per heavy atom. The van der Waals surface area contributed by atoms with Crippen molar-refractivity contribution >= 4 is 11.8 Å². The van der Waals surface area contributed by atoms with Crippen molar-refractivity contribution in [3.8, 4) is 0 Å². The highest BCUT2D eigenvalue weighted by molar-refractivity contribution is 7.99. The monoisotopic (exact) mass is 258 g/mol. The van der Waals surface area contributed by atoms with Crippen LogP contribution >= 0.6 is 11.8 Å². The molecule has 3 N–H and O–H groups in total. The number of hydrogen-bond acceptors (Lipinski definition) is 3. The highest BCUT2D eigenvalue weighted by atomic mass is 32.2. The van der Waals surface area contributed by atoms with E-state index < -0.39 is 0 Å². The Balaban J connectivity index is 2.37. The van der Waals surface area contributed by atoms with E-state index in [2.05, 4.69) is 33.1 Å². The zero-order valence-corrected chi connectivity index (χ0v) is 12.7. The van der Waals surface area contributed by atoms with Crippen LogP contribution in [0.5, 0.6) is 0 Å². The zero-order chi connectivity index (χ0) is 12.8. The average molecular weight is 258 g/mol. The lowest BCUT2D eigenvalue weighted by molar-refractivity contribution is 0.185. The molecule has 0 saturated heterocycles. The summed E-state index contributed by atoms with van der Waals surface area (Å²) in [7, 11) is 0. The molecule has 0 aromatic rings. The van der Waals surface area contributed by atoms with Crippen LogP contribution in [0.25, 0.3) is 0 Å². The summed E-state index contributed by atoms with van der Waals surface area (Å²) in [5.41, 5.74) is 3.07. The van der Waals surface area contributed by atoms with Gasteiger partial charge < -0.3 is 0 Å². The van der Waals surface area contributed by atoms with Gasteiger partial charge in [-0.05, 0) is 48.7 Å². The number of nitrogens with one attached hydrogen (secondary N) is 1. The second-order valence-electron chi connectivity index (χ2n) is 6.38. The molecule has 0 aromatic heterocycles. The molecule has 1 rings (SSSR count). The van der Waals surface area contributed by atoms with Gasteiger partial charge in [0.15, 0.2) is 0 Å². The molecule has 1 aliphatic rings. The van der Waals surface area contributed by atoms with Crippen molar-refractivity contribution in [1.29, 1.82) is 0 Å². The number of thioether (sulfide) groups is 1. The second-order valence-corrected chi connectivity index (χ2v) is 7.46. The lowest BCUT2D eigenvalue weighted by Crippen LogP contribution is -2.45. The van der Waals surface area contributed by atoms with E-state index in [4.69, 9.17) is 5.84 Å². The summed E-state index contributed by atoms with van der Waals surface area (Å²) in [5, 5.41) is 0. The van der Waals surface area contributed by atoms with Crippen LogP contribution in [0.15, 0.2) is 0 Å². The van der Waals surface area contributed by atoms with Crippen molar-refractivity contribution in [2.24, 2.45) is 29.5 Å². The Morgan fingerprint density at radius 3 is 2.18 bits per heavy atom. The Kier molecular flexibility index (Phi) is 6.90. The summed E-state index contributed by atoms with van der Waals surface area (Å²) in [5.74, 6) is 11.5. The fourth-order valence-corrected chi connectivity index (χ4v) is 4.32. The Bertz CT molecular complexity index is 198. The van der Waals surface area contributed by atoms with Crippen LogP contribution in [0, 0.1) is 23.7 Å². The summed E-state index contributed by atoms with van der Waals surface area (Å²) < 4.78 is 0. The molecule has 0 aliphatic heterocycles. The van der Waals surface area contributed by atoms with E-state index in [-0.39, 0.29) is 0 Å². The van der Waals surface area contributed by atoms with Crippen molar-refractivity contribution in [2.75, 3.05) is 11.5 Å². The largest absolute Gasteiger partial charge is 0.271 e. The van der Waals surface area contributed by atoms with Gasteiger partial charge in [-0.15, -0.1) is 0 Å². The molecule has 3 heteroatoms. The normalized spacial score (nSPS) is 31.8. The maximum atomic E-state index is 5.75. The highest BCUT2D eigenvalue weighted by Crippen LogP contribution is 2.35. The Hall–Kier alpha value is 0.270. The third-order valence-electron chi connectivity index (χ3n) is 3.75. The van der Waals surface area contributed by atoms with E-state index in [0.29, 0.717) is 6.04 Å². The van der Waals surface area contributed by atoms with Crippen LogP contribution in [0.1, 0.15) is 47.0 Å². The summed E-state index contributed by atoms with van der Waals surface area (Å²) in [4.78, 5) is 0. The molecule has 0 aromatic carbocycles. The maximum Gasteiger partial charge on any atom is 0.0329 e. The van der Waals surface area contributed by atoms with Crippen molar-refractivity contribution in [3.05, 3.63) is 0 Å². The van der Waals surface area contributed by atoms with Gasteiger partial charge in [0.2, 0.25) is 0 Å². The van der Waals surface area contributed by atoms with Gasteiger partial charge in [-0.1, -0.05) is 27.7 Å². The third-order valence-corrected chi connectivity index (χ3v) is 5.24. The first kappa shape index (κ1) is 15.3. The first-order valence-electron chi connectivity index (χ1n) is 7.06. The van der Waals surface area contributed by atoms with Crippen LogP contribution in [-0.4, -0.2) is 17.5 Å². The topological polar surface area (TPSA) is 38.0 Å². The maximum absolute atomic E-state index is 5.75. The smallest absolute Gasteiger partial charge is 0.0329 e. The fraction of sp³-hybridized carbons (Fsp3) is 1.00. The molecule has 1 aliphatic carbocycles. The average Bonchev–Trinajstić information content (AvgIpc) is 2.22. The summed E-state index contributed by atoms with van der Waals surface area (Å²) >= 11 is 2.05. The molecule has 3 unspecified atom stereocenters. The van der Waals surface area contributed by atoms with Crippen LogP contribution in [0.2, 0.25) is 0 Å². The molecule has 2 nitrogen and oxygen atoms in total. The number of rotatable bonds is 6. The first-order chi connectivity index (χ1) is 8.02. The number of hydrogen-bond donors (Lipinski definition) is 2. The van der Waals surface area contributed by atoms with Gasteiger partial charge in [-0.25, -0.2) is 0 Å². The fourth-order valence-electron chi connectivity index (χ4n) is 3.09. The first-order valence-corrected chi connectivity index (χ1v) is 8.22. The quantitative estimate of drug-likeness (QED) is 0.567. The zero-order valence-electron chi connectivity index (χ0n) is 11.9. The van der Waals surface area contributed by atoms with E-state index >= 15 is 0 Å². The van der Waals surface area contributed by atoms with E-state index in [0.717, 1.165) is 23.7 Å². The Labute approximate surface area is 111 Å². The summed E-state index contributed by atoms with van der Waals surface area (Å²) in [6.07, 6.45) is 4.09. The third kappa shape index (κ3) is 5.62. The molecular formula is C14H30N2S. The van der Waals surface area contributed by atoms with Crippen molar-refractivity contribution in [1.82, 2.24) is 5.43 Å². The van der Waals surface area contributed by atoms with Gasteiger partial charge in [0.25, 0.3) is 0 Å². The predicted octanol–water partition coefficient (Wildman–Crippen LogP) is 3.28. The van der Waals surface area contributed by atoms with Crippen molar-refractivity contribution in [3.63, 3.8) is 0 Å². The molecule has 102 valence electrons. The highest BCUT2D eigenvalue weighted by Gasteiger charge is 2.29. The molecule has 0 bridgehead atoms. The van der Waals surface area contributed by atoms with Gasteiger partial charge in [-0.2, -0.15) is 11.8 Å². The predicted molar refractivity (Wildman–Crippen MR) is 78.9 cm³/mol. The van der Waals surface area contributed by atoms with E-state index in [1.165, 1.54) is 30.8 Å². The SMILES string of the molecule is CC(C)CSCC(NN)C1CC(C)CC(C)C1. The molecule has 1 saturated carbocycles. The number of nitrogens with two attached hydrogens (primary N) is 1. The minimum atomic E-state index is 0.504. The van der Waals surface area contributed by atoms with E-state index in [1.54, 1.807) is 0 Å². The van der Waals surface area contributed by atoms with Crippen molar-refractivity contribution < 1.29 is 0 Å². The molecule has 0 spiro atoms. The van der Waals surface area contributed by atoms with Gasteiger partial charge in [-0.3, -0.25) is 11.3 Å². The van der Waals surface area contributed by atoms with Crippen molar-refractivity contribution in [2.45, 2.75) is 53.0 Å². The van der Waals surface area contributed by atoms with Gasteiger partial charge >= 0.3 is 0 Å². The summed E-state index contributed by atoms with van der Waals surface area (Å²) in [6.45, 7) is 9.33. The van der Waals surface area contributed by atoms with Gasteiger partial charge in [0.05, 0.1) is 0 Å². The second kappa shape index (κ2) is 7.65. The molecule has 17 heavy (non-hydrogen) atoms. The molecule has 1 fully saturated rings. The van der Waals surface area contributed by atoms with Gasteiger partial charge in [0, 0.05) is 11.8 Å². The lowest BCUT2D eigenvalue weighted by Gasteiger charge is -2.36. The number of hydrazine groups is 1. The van der Waals surface area contributed by atoms with Crippen LogP contribution in [0.4, 0.5) is 0 Å². The molecular weight excluding hydrogens is 228 g/mol. The minimum Gasteiger partial charge on any atom is -0.271 e. The van der Waals surface area contributed by atoms with Crippen LogP contribution in [-0.2, 0) is 0 Å². The lowest BCUT2D eigenvalue weighted by atomic mass is 9.74. The van der Waals surface area contributed by atoms with E-state index in [9.17, 15) is 0 Å². The molecule has 3 atom stereocenters. The van der Waals surface area contributed by atoms with Crippen LogP contribution < -0.4 is 11.3 Å². The minimum absolute atomic E-state index is 0.504. The van der Waals surface area contributed by atoms with Crippen LogP contribution in [0.3, 0.4) is 0 Å².